The predicted octanol–water partition coefficient (Wildman–Crippen LogP) is 2.79. The third-order valence-corrected chi connectivity index (χ3v) is 3.95. The lowest BCUT2D eigenvalue weighted by molar-refractivity contribution is -0.137. The van der Waals surface area contributed by atoms with Crippen LogP contribution >= 0.6 is 0 Å². The van der Waals surface area contributed by atoms with Crippen molar-refractivity contribution in [1.82, 2.24) is 0 Å². The van der Waals surface area contributed by atoms with E-state index in [1.54, 1.807) is 19.2 Å². The van der Waals surface area contributed by atoms with Gasteiger partial charge < -0.3 is 14.7 Å². The van der Waals surface area contributed by atoms with Crippen molar-refractivity contribution in [3.8, 4) is 11.8 Å². The fourth-order valence-electron chi connectivity index (χ4n) is 2.88. The average Bonchev–Trinajstić information content (AvgIpc) is 2.52. The number of methoxy groups -OCH3 is 1. The average molecular weight is 288 g/mol. The van der Waals surface area contributed by atoms with E-state index in [1.807, 2.05) is 6.07 Å². The van der Waals surface area contributed by atoms with Crippen molar-refractivity contribution in [2.45, 2.75) is 38.1 Å². The van der Waals surface area contributed by atoms with Gasteiger partial charge in [-0.25, -0.2) is 0 Å². The van der Waals surface area contributed by atoms with Gasteiger partial charge in [-0.15, -0.1) is 0 Å². The number of carboxylic acid groups (broad SMARTS) is 1. The monoisotopic (exact) mass is 288 g/mol. The smallest absolute Gasteiger partial charge is 0.303 e. The second-order valence-electron chi connectivity index (χ2n) is 5.27. The van der Waals surface area contributed by atoms with Crippen LogP contribution in [0.25, 0.3) is 0 Å². The van der Waals surface area contributed by atoms with Crippen LogP contribution in [0.2, 0.25) is 0 Å². The molecule has 112 valence electrons. The fraction of sp³-hybridized carbons (Fsp3) is 0.500. The van der Waals surface area contributed by atoms with Crippen LogP contribution in [0.15, 0.2) is 18.2 Å². The maximum Gasteiger partial charge on any atom is 0.303 e. The Balaban J connectivity index is 2.27. The molecule has 0 saturated carbocycles. The lowest BCUT2D eigenvalue weighted by Gasteiger charge is -2.38. The van der Waals surface area contributed by atoms with Gasteiger partial charge in [-0.3, -0.25) is 4.79 Å². The molecule has 1 unspecified atom stereocenters. The highest BCUT2D eigenvalue weighted by molar-refractivity contribution is 5.67. The van der Waals surface area contributed by atoms with Gasteiger partial charge in [-0.1, -0.05) is 0 Å². The van der Waals surface area contributed by atoms with E-state index in [1.165, 1.54) is 0 Å². The number of nitriles is 1. The van der Waals surface area contributed by atoms with Gasteiger partial charge in [0.25, 0.3) is 0 Å². The molecule has 5 heteroatoms. The summed E-state index contributed by atoms with van der Waals surface area (Å²) in [6, 6.07) is 7.80. The minimum atomic E-state index is -0.772. The number of ether oxygens (including phenoxy) is 1. The lowest BCUT2D eigenvalue weighted by Crippen LogP contribution is -2.40. The van der Waals surface area contributed by atoms with Crippen molar-refractivity contribution in [3.05, 3.63) is 23.8 Å². The standard InChI is InChI=1S/C16H20N2O3/c1-21-14-7-5-12(11-17)15(10-14)18-9-3-2-4-13(18)6-8-16(19)20/h5,7,10,13H,2-4,6,8-9H2,1H3,(H,19,20). The highest BCUT2D eigenvalue weighted by Gasteiger charge is 2.25. The summed E-state index contributed by atoms with van der Waals surface area (Å²) in [6.07, 6.45) is 3.90. The van der Waals surface area contributed by atoms with Crippen molar-refractivity contribution in [2.24, 2.45) is 0 Å². The normalized spacial score (nSPS) is 18.1. The third kappa shape index (κ3) is 3.66. The molecule has 1 N–H and O–H groups in total. The molecule has 0 bridgehead atoms. The number of piperidine rings is 1. The van der Waals surface area contributed by atoms with Gasteiger partial charge in [0.05, 0.1) is 18.4 Å². The Hall–Kier alpha value is -2.22. The minimum absolute atomic E-state index is 0.160. The van der Waals surface area contributed by atoms with Crippen molar-refractivity contribution >= 4 is 11.7 Å². The maximum absolute atomic E-state index is 10.8. The molecule has 0 aliphatic carbocycles. The second kappa shape index (κ2) is 6.98. The van der Waals surface area contributed by atoms with Crippen molar-refractivity contribution in [1.29, 1.82) is 5.26 Å². The molecule has 1 saturated heterocycles. The molecular weight excluding hydrogens is 268 g/mol. The molecule has 1 heterocycles. The Bertz CT molecular complexity index is 551. The molecule has 1 fully saturated rings. The Kier molecular flexibility index (Phi) is 5.04. The van der Waals surface area contributed by atoms with E-state index in [0.717, 1.165) is 31.5 Å². The molecule has 1 aliphatic rings. The quantitative estimate of drug-likeness (QED) is 0.901. The number of hydrogen-bond donors (Lipinski definition) is 1. The van der Waals surface area contributed by atoms with Crippen LogP contribution in [-0.2, 0) is 4.79 Å². The molecule has 21 heavy (non-hydrogen) atoms. The number of aliphatic carboxylic acids is 1. The Labute approximate surface area is 124 Å². The number of anilines is 1. The summed E-state index contributed by atoms with van der Waals surface area (Å²) in [4.78, 5) is 13.0. The molecule has 0 spiro atoms. The summed E-state index contributed by atoms with van der Waals surface area (Å²) >= 11 is 0. The third-order valence-electron chi connectivity index (χ3n) is 3.95. The molecule has 0 aromatic heterocycles. The Morgan fingerprint density at radius 3 is 3.00 bits per heavy atom. The van der Waals surface area contributed by atoms with Crippen LogP contribution in [0.4, 0.5) is 5.69 Å². The first-order valence-corrected chi connectivity index (χ1v) is 7.22. The molecule has 1 aromatic carbocycles. The first kappa shape index (κ1) is 15.2. The molecular formula is C16H20N2O3. The summed E-state index contributed by atoms with van der Waals surface area (Å²) in [5, 5.41) is 18.2. The number of hydrogen-bond acceptors (Lipinski definition) is 4. The van der Waals surface area contributed by atoms with Crippen LogP contribution < -0.4 is 9.64 Å². The van der Waals surface area contributed by atoms with Gasteiger partial charge >= 0.3 is 5.97 Å². The first-order chi connectivity index (χ1) is 10.2. The number of rotatable bonds is 5. The molecule has 0 amide bonds. The molecule has 2 rings (SSSR count). The highest BCUT2D eigenvalue weighted by Crippen LogP contribution is 2.32. The number of carbonyl (C=O) groups is 1. The second-order valence-corrected chi connectivity index (χ2v) is 5.27. The fourth-order valence-corrected chi connectivity index (χ4v) is 2.88. The summed E-state index contributed by atoms with van der Waals surface area (Å²) in [7, 11) is 1.60. The highest BCUT2D eigenvalue weighted by atomic mass is 16.5. The zero-order valence-corrected chi connectivity index (χ0v) is 12.2. The Morgan fingerprint density at radius 1 is 1.52 bits per heavy atom. The van der Waals surface area contributed by atoms with E-state index >= 15 is 0 Å². The number of benzene rings is 1. The molecule has 5 nitrogen and oxygen atoms in total. The van der Waals surface area contributed by atoms with Gasteiger partial charge in [0, 0.05) is 25.1 Å². The van der Waals surface area contributed by atoms with Gasteiger partial charge in [0.1, 0.15) is 11.8 Å². The van der Waals surface area contributed by atoms with Gasteiger partial charge in [-0.2, -0.15) is 5.26 Å². The van der Waals surface area contributed by atoms with E-state index in [4.69, 9.17) is 9.84 Å². The minimum Gasteiger partial charge on any atom is -0.497 e. The largest absolute Gasteiger partial charge is 0.497 e. The molecule has 1 atom stereocenters. The zero-order valence-electron chi connectivity index (χ0n) is 12.2. The number of nitrogens with zero attached hydrogens (tertiary/aromatic N) is 2. The summed E-state index contributed by atoms with van der Waals surface area (Å²) in [5.41, 5.74) is 1.46. The summed E-state index contributed by atoms with van der Waals surface area (Å²) in [5.74, 6) is -0.0572. The van der Waals surface area contributed by atoms with E-state index in [0.29, 0.717) is 17.7 Å². The van der Waals surface area contributed by atoms with E-state index in [-0.39, 0.29) is 12.5 Å². The van der Waals surface area contributed by atoms with E-state index < -0.39 is 5.97 Å². The van der Waals surface area contributed by atoms with Gasteiger partial charge in [-0.05, 0) is 37.8 Å². The maximum atomic E-state index is 10.8. The van der Waals surface area contributed by atoms with Crippen LogP contribution in [0.3, 0.4) is 0 Å². The van der Waals surface area contributed by atoms with Gasteiger partial charge in [0.15, 0.2) is 0 Å². The van der Waals surface area contributed by atoms with Crippen LogP contribution in [0, 0.1) is 11.3 Å². The first-order valence-electron chi connectivity index (χ1n) is 7.22. The van der Waals surface area contributed by atoms with Crippen LogP contribution in [0.5, 0.6) is 5.75 Å². The van der Waals surface area contributed by atoms with Gasteiger partial charge in [0.2, 0.25) is 0 Å². The van der Waals surface area contributed by atoms with Crippen LogP contribution in [-0.4, -0.2) is 30.8 Å². The summed E-state index contributed by atoms with van der Waals surface area (Å²) in [6.45, 7) is 0.853. The zero-order chi connectivity index (χ0) is 15.2. The molecule has 1 aromatic rings. The summed E-state index contributed by atoms with van der Waals surface area (Å²) < 4.78 is 5.25. The van der Waals surface area contributed by atoms with Crippen molar-refractivity contribution in [3.63, 3.8) is 0 Å². The van der Waals surface area contributed by atoms with E-state index in [2.05, 4.69) is 11.0 Å². The Morgan fingerprint density at radius 2 is 2.33 bits per heavy atom. The van der Waals surface area contributed by atoms with Crippen molar-refractivity contribution in [2.75, 3.05) is 18.6 Å². The van der Waals surface area contributed by atoms with Crippen LogP contribution in [0.1, 0.15) is 37.7 Å². The SMILES string of the molecule is COc1ccc(C#N)c(N2CCCCC2CCC(=O)O)c1. The lowest BCUT2D eigenvalue weighted by atomic mass is 9.96. The topological polar surface area (TPSA) is 73.6 Å². The van der Waals surface area contributed by atoms with Crippen molar-refractivity contribution < 1.29 is 14.6 Å². The molecule has 0 radical (unpaired) electrons. The predicted molar refractivity (Wildman–Crippen MR) is 79.6 cm³/mol. The molecule has 1 aliphatic heterocycles. The van der Waals surface area contributed by atoms with E-state index in [9.17, 15) is 10.1 Å². The number of carboxylic acids is 1.